The molecule has 1 saturated carbocycles. The third-order valence-corrected chi connectivity index (χ3v) is 6.89. The van der Waals surface area contributed by atoms with E-state index in [0.29, 0.717) is 30.3 Å². The molecule has 3 heterocycles. The third kappa shape index (κ3) is 5.44. The van der Waals surface area contributed by atoms with Gasteiger partial charge >= 0.3 is 6.61 Å². The largest absolute Gasteiger partial charge is 0.496 e. The van der Waals surface area contributed by atoms with Gasteiger partial charge in [0.05, 0.1) is 51.3 Å². The minimum absolute atomic E-state index is 0.0258. The Labute approximate surface area is 218 Å². The van der Waals surface area contributed by atoms with Gasteiger partial charge < -0.3 is 24.3 Å². The van der Waals surface area contributed by atoms with Crippen LogP contribution in [-0.4, -0.2) is 67.9 Å². The van der Waals surface area contributed by atoms with Crippen molar-refractivity contribution in [2.24, 2.45) is 5.92 Å². The van der Waals surface area contributed by atoms with Crippen molar-refractivity contribution in [3.8, 4) is 22.6 Å². The molecule has 11 heteroatoms. The van der Waals surface area contributed by atoms with Gasteiger partial charge in [-0.05, 0) is 29.3 Å². The lowest BCUT2D eigenvalue weighted by atomic mass is 9.86. The number of halogens is 3. The van der Waals surface area contributed by atoms with Crippen LogP contribution in [0.1, 0.15) is 36.2 Å². The van der Waals surface area contributed by atoms with Crippen LogP contribution in [0.3, 0.4) is 0 Å². The fraction of sp³-hybridized carbons (Fsp3) is 0.481. The molecule has 0 spiro atoms. The van der Waals surface area contributed by atoms with Gasteiger partial charge in [0.2, 0.25) is 0 Å². The second-order valence-corrected chi connectivity index (χ2v) is 10.4. The highest BCUT2D eigenvalue weighted by atomic mass is 19.3. The zero-order chi connectivity index (χ0) is 27.0. The minimum Gasteiger partial charge on any atom is -0.496 e. The molecule has 5 rings (SSSR count). The second-order valence-electron chi connectivity index (χ2n) is 10.4. The van der Waals surface area contributed by atoms with Crippen LogP contribution in [0.2, 0.25) is 0 Å². The lowest BCUT2D eigenvalue weighted by Gasteiger charge is -2.29. The summed E-state index contributed by atoms with van der Waals surface area (Å²) in [6, 6.07) is 6.13. The molecule has 1 N–H and O–H groups in total. The van der Waals surface area contributed by atoms with Crippen LogP contribution >= 0.6 is 0 Å². The summed E-state index contributed by atoms with van der Waals surface area (Å²) in [5.74, 6) is -0.635. The maximum Gasteiger partial charge on any atom is 0.387 e. The summed E-state index contributed by atoms with van der Waals surface area (Å²) in [5, 5.41) is 6.96. The Kier molecular flexibility index (Phi) is 7.23. The number of rotatable bonds is 11. The lowest BCUT2D eigenvalue weighted by Crippen LogP contribution is -2.34. The molecule has 1 saturated heterocycles. The molecule has 1 aromatic carbocycles. The van der Waals surface area contributed by atoms with E-state index in [0.717, 1.165) is 24.3 Å². The van der Waals surface area contributed by atoms with E-state index in [1.165, 1.54) is 13.2 Å². The van der Waals surface area contributed by atoms with Crippen LogP contribution < -0.4 is 14.8 Å². The monoisotopic (exact) mass is 533 g/mol. The number of nitrogens with one attached hydrogen (secondary N) is 1. The molecular weight excluding hydrogens is 503 g/mol. The van der Waals surface area contributed by atoms with Gasteiger partial charge in [-0.3, -0.25) is 4.79 Å². The zero-order valence-corrected chi connectivity index (χ0v) is 21.4. The number of fused-ring (bicyclic) bond motifs is 1. The summed E-state index contributed by atoms with van der Waals surface area (Å²) in [7, 11) is 1.32. The van der Waals surface area contributed by atoms with E-state index in [9.17, 15) is 18.0 Å². The molecule has 0 bridgehead atoms. The quantitative estimate of drug-likeness (QED) is 0.394. The van der Waals surface area contributed by atoms with E-state index < -0.39 is 24.7 Å². The van der Waals surface area contributed by atoms with E-state index >= 15 is 0 Å². The summed E-state index contributed by atoms with van der Waals surface area (Å²) in [4.78, 5) is 12.8. The molecule has 1 aliphatic heterocycles. The third-order valence-electron chi connectivity index (χ3n) is 6.89. The van der Waals surface area contributed by atoms with Gasteiger partial charge in [-0.15, -0.1) is 0 Å². The number of hydrogen-bond donors (Lipinski definition) is 1. The minimum atomic E-state index is -3.18. The molecule has 0 radical (unpaired) electrons. The van der Waals surface area contributed by atoms with Gasteiger partial charge in [-0.2, -0.15) is 13.9 Å². The SMILES string of the molecule is COc1cc(-c2cnn3cc(C(C)(C)COCC4COC4)ccc23)cc(OC(F)F)c1C(=O)NC1CC1F. The first-order valence-corrected chi connectivity index (χ1v) is 12.4. The predicted octanol–water partition coefficient (Wildman–Crippen LogP) is 4.39. The lowest BCUT2D eigenvalue weighted by molar-refractivity contribution is -0.0763. The van der Waals surface area contributed by atoms with Crippen molar-refractivity contribution in [2.45, 2.75) is 44.5 Å². The number of aromatic nitrogens is 2. The number of benzene rings is 1. The summed E-state index contributed by atoms with van der Waals surface area (Å²) in [5.41, 5.74) is 2.34. The van der Waals surface area contributed by atoms with Gasteiger partial charge in [0.15, 0.2) is 0 Å². The Morgan fingerprint density at radius 3 is 2.63 bits per heavy atom. The number of alkyl halides is 3. The average molecular weight is 534 g/mol. The van der Waals surface area contributed by atoms with Crippen molar-refractivity contribution in [2.75, 3.05) is 33.5 Å². The van der Waals surface area contributed by atoms with Crippen LogP contribution in [0, 0.1) is 5.92 Å². The van der Waals surface area contributed by atoms with Crippen LogP contribution in [0.15, 0.2) is 36.7 Å². The van der Waals surface area contributed by atoms with Gasteiger partial charge in [0.25, 0.3) is 5.91 Å². The maximum atomic E-state index is 13.3. The van der Waals surface area contributed by atoms with Gasteiger partial charge in [0, 0.05) is 29.5 Å². The highest BCUT2D eigenvalue weighted by molar-refractivity contribution is 6.01. The Bertz CT molecular complexity index is 1320. The maximum absolute atomic E-state index is 13.3. The van der Waals surface area contributed by atoms with Crippen molar-refractivity contribution in [1.29, 1.82) is 0 Å². The van der Waals surface area contributed by atoms with E-state index in [1.807, 2.05) is 18.3 Å². The topological polar surface area (TPSA) is 83.3 Å². The van der Waals surface area contributed by atoms with Gasteiger partial charge in [0.1, 0.15) is 23.2 Å². The fourth-order valence-corrected chi connectivity index (χ4v) is 4.42. The predicted molar refractivity (Wildman–Crippen MR) is 133 cm³/mol. The van der Waals surface area contributed by atoms with Crippen molar-refractivity contribution < 1.29 is 36.9 Å². The molecule has 8 nitrogen and oxygen atoms in total. The number of carbonyl (C=O) groups excluding carboxylic acids is 1. The summed E-state index contributed by atoms with van der Waals surface area (Å²) in [6.45, 7) is 3.66. The number of hydrogen-bond acceptors (Lipinski definition) is 6. The van der Waals surface area contributed by atoms with Gasteiger partial charge in [-0.1, -0.05) is 19.9 Å². The number of pyridine rings is 1. The Hall–Kier alpha value is -3.31. The fourth-order valence-electron chi connectivity index (χ4n) is 4.42. The summed E-state index contributed by atoms with van der Waals surface area (Å²) >= 11 is 0. The first-order chi connectivity index (χ1) is 18.2. The number of nitrogens with zero attached hydrogens (tertiary/aromatic N) is 2. The standard InChI is InChI=1S/C27H30F3N3O5/c1-27(2,14-37-13-15-11-36-12-15)17-4-5-21-18(9-31-33(21)10-17)16-6-22(35-3)24(23(7-16)38-26(29)30)25(34)32-20-8-19(20)28/h4-7,9-10,15,19-20,26H,8,11-14H2,1-3H3,(H,32,34). The molecule has 2 unspecified atom stereocenters. The van der Waals surface area contributed by atoms with Crippen molar-refractivity contribution in [3.63, 3.8) is 0 Å². The molecule has 38 heavy (non-hydrogen) atoms. The molecular formula is C27H30F3N3O5. The highest BCUT2D eigenvalue weighted by Gasteiger charge is 2.40. The Balaban J connectivity index is 1.44. The molecule has 3 aromatic rings. The van der Waals surface area contributed by atoms with Crippen molar-refractivity contribution in [1.82, 2.24) is 14.9 Å². The average Bonchev–Trinajstić information content (AvgIpc) is 3.36. The normalized spacial score (nSPS) is 19.4. The first-order valence-electron chi connectivity index (χ1n) is 12.4. The molecule has 1 aliphatic carbocycles. The van der Waals surface area contributed by atoms with Crippen LogP contribution in [0.25, 0.3) is 16.6 Å². The Morgan fingerprint density at radius 1 is 1.26 bits per heavy atom. The summed E-state index contributed by atoms with van der Waals surface area (Å²) in [6.07, 6.45) is 2.55. The number of methoxy groups -OCH3 is 1. The van der Waals surface area contributed by atoms with E-state index in [4.69, 9.17) is 18.9 Å². The smallest absolute Gasteiger partial charge is 0.387 e. The van der Waals surface area contributed by atoms with E-state index in [1.54, 1.807) is 16.8 Å². The van der Waals surface area contributed by atoms with Crippen LogP contribution in [0.5, 0.6) is 11.5 Å². The molecule has 204 valence electrons. The van der Waals surface area contributed by atoms with Crippen LogP contribution in [-0.2, 0) is 14.9 Å². The second kappa shape index (κ2) is 10.5. The van der Waals surface area contributed by atoms with Crippen molar-refractivity contribution >= 4 is 11.4 Å². The molecule has 1 amide bonds. The highest BCUT2D eigenvalue weighted by Crippen LogP contribution is 2.38. The number of ether oxygens (including phenoxy) is 4. The molecule has 2 aliphatic rings. The van der Waals surface area contributed by atoms with E-state index in [2.05, 4.69) is 24.3 Å². The number of amides is 1. The molecule has 2 fully saturated rings. The Morgan fingerprint density at radius 2 is 2.00 bits per heavy atom. The van der Waals surface area contributed by atoms with Crippen molar-refractivity contribution in [3.05, 3.63) is 47.8 Å². The first kappa shape index (κ1) is 26.3. The van der Waals surface area contributed by atoms with E-state index in [-0.39, 0.29) is 28.9 Å². The number of carbonyl (C=O) groups is 1. The van der Waals surface area contributed by atoms with Gasteiger partial charge in [-0.25, -0.2) is 8.91 Å². The summed E-state index contributed by atoms with van der Waals surface area (Å²) < 4.78 is 62.8. The zero-order valence-electron chi connectivity index (χ0n) is 21.4. The molecule has 2 aromatic heterocycles. The van der Waals surface area contributed by atoms with Crippen LogP contribution in [0.4, 0.5) is 13.2 Å². The molecule has 2 atom stereocenters.